The van der Waals surface area contributed by atoms with Crippen molar-refractivity contribution < 1.29 is 4.74 Å². The number of piperidine rings is 1. The maximum Gasteiger partial charge on any atom is 0.122 e. The minimum absolute atomic E-state index is 0.818. The number of hydrogen-bond acceptors (Lipinski definition) is 3. The Labute approximate surface area is 109 Å². The molecule has 0 spiro atoms. The highest BCUT2D eigenvalue weighted by molar-refractivity contribution is 5.51. The van der Waals surface area contributed by atoms with Gasteiger partial charge in [-0.3, -0.25) is 0 Å². The van der Waals surface area contributed by atoms with Crippen molar-refractivity contribution in [2.75, 3.05) is 31.6 Å². The van der Waals surface area contributed by atoms with Gasteiger partial charge in [0.25, 0.3) is 0 Å². The van der Waals surface area contributed by atoms with Gasteiger partial charge in [-0.15, -0.1) is 0 Å². The molecule has 0 radical (unpaired) electrons. The first-order chi connectivity index (χ1) is 8.92. The van der Waals surface area contributed by atoms with E-state index in [1.807, 2.05) is 0 Å². The van der Waals surface area contributed by atoms with E-state index in [-0.39, 0.29) is 0 Å². The minimum Gasteiger partial charge on any atom is -0.493 e. The first-order valence-electron chi connectivity index (χ1n) is 7.12. The zero-order valence-corrected chi connectivity index (χ0v) is 10.9. The van der Waals surface area contributed by atoms with Crippen LogP contribution in [0.3, 0.4) is 0 Å². The van der Waals surface area contributed by atoms with Gasteiger partial charge >= 0.3 is 0 Å². The Morgan fingerprint density at radius 2 is 2.17 bits per heavy atom. The summed E-state index contributed by atoms with van der Waals surface area (Å²) in [5, 5.41) is 6.99. The van der Waals surface area contributed by atoms with Gasteiger partial charge < -0.3 is 15.4 Å². The van der Waals surface area contributed by atoms with Crippen LogP contribution in [0.2, 0.25) is 0 Å². The third-order valence-electron chi connectivity index (χ3n) is 3.96. The molecule has 0 unspecified atom stereocenters. The SMILES string of the molecule is c1cc2c(cc1NCC1CCNCC1)CCCO2. The van der Waals surface area contributed by atoms with Crippen molar-refractivity contribution in [3.8, 4) is 5.75 Å². The predicted molar refractivity (Wildman–Crippen MR) is 74.3 cm³/mol. The van der Waals surface area contributed by atoms with Crippen LogP contribution < -0.4 is 15.4 Å². The molecule has 0 aromatic heterocycles. The van der Waals surface area contributed by atoms with Crippen LogP contribution in [0.5, 0.6) is 5.75 Å². The Hall–Kier alpha value is -1.22. The van der Waals surface area contributed by atoms with Crippen molar-refractivity contribution in [1.82, 2.24) is 5.32 Å². The molecule has 0 saturated carbocycles. The van der Waals surface area contributed by atoms with Crippen molar-refractivity contribution >= 4 is 5.69 Å². The van der Waals surface area contributed by atoms with Crippen LogP contribution in [0, 0.1) is 5.92 Å². The van der Waals surface area contributed by atoms with Crippen LogP contribution in [0.4, 0.5) is 5.69 Å². The number of aryl methyl sites for hydroxylation is 1. The van der Waals surface area contributed by atoms with Crippen molar-refractivity contribution in [2.45, 2.75) is 25.7 Å². The molecule has 3 rings (SSSR count). The van der Waals surface area contributed by atoms with E-state index in [1.54, 1.807) is 0 Å². The molecule has 2 heterocycles. The lowest BCUT2D eigenvalue weighted by Crippen LogP contribution is -2.31. The summed E-state index contributed by atoms with van der Waals surface area (Å²) < 4.78 is 5.64. The Bertz CT molecular complexity index is 399. The first-order valence-corrected chi connectivity index (χ1v) is 7.12. The van der Waals surface area contributed by atoms with Crippen LogP contribution in [0.15, 0.2) is 18.2 Å². The summed E-state index contributed by atoms with van der Waals surface area (Å²) in [6.07, 6.45) is 4.88. The van der Waals surface area contributed by atoms with Gasteiger partial charge in [-0.1, -0.05) is 0 Å². The lowest BCUT2D eigenvalue weighted by molar-refractivity contribution is 0.288. The predicted octanol–water partition coefficient (Wildman–Crippen LogP) is 2.42. The van der Waals surface area contributed by atoms with E-state index < -0.39 is 0 Å². The third kappa shape index (κ3) is 2.78. The molecular weight excluding hydrogens is 224 g/mol. The fourth-order valence-corrected chi connectivity index (χ4v) is 2.82. The van der Waals surface area contributed by atoms with E-state index in [1.165, 1.54) is 37.2 Å². The monoisotopic (exact) mass is 246 g/mol. The van der Waals surface area contributed by atoms with Crippen molar-refractivity contribution in [3.63, 3.8) is 0 Å². The van der Waals surface area contributed by atoms with E-state index >= 15 is 0 Å². The van der Waals surface area contributed by atoms with Gasteiger partial charge in [-0.25, -0.2) is 0 Å². The van der Waals surface area contributed by atoms with Crippen LogP contribution >= 0.6 is 0 Å². The molecule has 0 atom stereocenters. The number of fused-ring (bicyclic) bond motifs is 1. The molecule has 2 aliphatic heterocycles. The van der Waals surface area contributed by atoms with Gasteiger partial charge in [-0.05, 0) is 68.5 Å². The molecule has 0 amide bonds. The van der Waals surface area contributed by atoms with Gasteiger partial charge in [0.05, 0.1) is 6.61 Å². The van der Waals surface area contributed by atoms with Crippen molar-refractivity contribution in [3.05, 3.63) is 23.8 Å². The molecule has 1 saturated heterocycles. The minimum atomic E-state index is 0.818. The summed E-state index contributed by atoms with van der Waals surface area (Å²) in [5.74, 6) is 1.90. The van der Waals surface area contributed by atoms with Gasteiger partial charge in [0.15, 0.2) is 0 Å². The summed E-state index contributed by atoms with van der Waals surface area (Å²) in [6.45, 7) is 4.31. The number of rotatable bonds is 3. The summed E-state index contributed by atoms with van der Waals surface area (Å²) in [7, 11) is 0. The van der Waals surface area contributed by atoms with E-state index in [2.05, 4.69) is 28.8 Å². The van der Waals surface area contributed by atoms with Crippen LogP contribution in [0.25, 0.3) is 0 Å². The maximum atomic E-state index is 5.64. The molecule has 1 aromatic rings. The summed E-state index contributed by atoms with van der Waals surface area (Å²) in [6, 6.07) is 6.51. The molecule has 3 nitrogen and oxygen atoms in total. The third-order valence-corrected chi connectivity index (χ3v) is 3.96. The number of nitrogens with one attached hydrogen (secondary N) is 2. The number of anilines is 1. The van der Waals surface area contributed by atoms with E-state index in [0.29, 0.717) is 0 Å². The Morgan fingerprint density at radius 3 is 3.06 bits per heavy atom. The van der Waals surface area contributed by atoms with Crippen molar-refractivity contribution in [1.29, 1.82) is 0 Å². The van der Waals surface area contributed by atoms with Gasteiger partial charge in [0.2, 0.25) is 0 Å². The topological polar surface area (TPSA) is 33.3 Å². The van der Waals surface area contributed by atoms with Crippen LogP contribution in [0.1, 0.15) is 24.8 Å². The van der Waals surface area contributed by atoms with Crippen LogP contribution in [-0.4, -0.2) is 26.2 Å². The van der Waals surface area contributed by atoms with E-state index in [9.17, 15) is 0 Å². The number of hydrogen-bond donors (Lipinski definition) is 2. The molecule has 0 bridgehead atoms. The Kier molecular flexibility index (Phi) is 3.69. The lowest BCUT2D eigenvalue weighted by Gasteiger charge is -2.24. The molecule has 2 aliphatic rings. The summed E-state index contributed by atoms with van der Waals surface area (Å²) in [5.41, 5.74) is 2.61. The highest BCUT2D eigenvalue weighted by Crippen LogP contribution is 2.27. The highest BCUT2D eigenvalue weighted by Gasteiger charge is 2.14. The van der Waals surface area contributed by atoms with Gasteiger partial charge in [-0.2, -0.15) is 0 Å². The Balaban J connectivity index is 1.58. The largest absolute Gasteiger partial charge is 0.493 e. The summed E-state index contributed by atoms with van der Waals surface area (Å²) >= 11 is 0. The number of benzene rings is 1. The molecule has 1 fully saturated rings. The van der Waals surface area contributed by atoms with E-state index in [4.69, 9.17) is 4.74 Å². The smallest absolute Gasteiger partial charge is 0.122 e. The fourth-order valence-electron chi connectivity index (χ4n) is 2.82. The van der Waals surface area contributed by atoms with Gasteiger partial charge in [0.1, 0.15) is 5.75 Å². The fraction of sp³-hybridized carbons (Fsp3) is 0.600. The number of ether oxygens (including phenoxy) is 1. The van der Waals surface area contributed by atoms with Crippen molar-refractivity contribution in [2.24, 2.45) is 5.92 Å². The lowest BCUT2D eigenvalue weighted by atomic mass is 9.98. The quantitative estimate of drug-likeness (QED) is 0.859. The van der Waals surface area contributed by atoms with Crippen LogP contribution in [-0.2, 0) is 6.42 Å². The zero-order chi connectivity index (χ0) is 12.2. The molecule has 0 aliphatic carbocycles. The first kappa shape index (κ1) is 11.8. The molecule has 2 N–H and O–H groups in total. The van der Waals surface area contributed by atoms with E-state index in [0.717, 1.165) is 37.7 Å². The second-order valence-electron chi connectivity index (χ2n) is 5.35. The summed E-state index contributed by atoms with van der Waals surface area (Å²) in [4.78, 5) is 0. The standard InChI is InChI=1S/C15H22N2O/c1-2-13-10-14(3-4-15(13)18-9-1)17-11-12-5-7-16-8-6-12/h3-4,10,12,16-17H,1-2,5-9,11H2. The second-order valence-corrected chi connectivity index (χ2v) is 5.35. The Morgan fingerprint density at radius 1 is 1.28 bits per heavy atom. The maximum absolute atomic E-state index is 5.64. The highest BCUT2D eigenvalue weighted by atomic mass is 16.5. The zero-order valence-electron chi connectivity index (χ0n) is 10.9. The molecule has 98 valence electrons. The average Bonchev–Trinajstić information content (AvgIpc) is 2.46. The molecule has 1 aromatic carbocycles. The van der Waals surface area contributed by atoms with Gasteiger partial charge in [0, 0.05) is 12.2 Å². The normalized spacial score (nSPS) is 20.0. The molecular formula is C15H22N2O. The molecule has 3 heteroatoms. The average molecular weight is 246 g/mol. The molecule has 18 heavy (non-hydrogen) atoms. The second kappa shape index (κ2) is 5.61.